The second-order valence-electron chi connectivity index (χ2n) is 6.65. The third-order valence-electron chi connectivity index (χ3n) is 4.66. The first-order valence-corrected chi connectivity index (χ1v) is 9.13. The van der Waals surface area contributed by atoms with E-state index < -0.39 is 0 Å². The Labute approximate surface area is 166 Å². The van der Waals surface area contributed by atoms with Crippen LogP contribution in [0.1, 0.15) is 21.6 Å². The molecule has 0 aliphatic carbocycles. The zero-order valence-electron chi connectivity index (χ0n) is 15.5. The number of anilines is 1. The highest BCUT2D eigenvalue weighted by atomic mass is 19.1. The molecule has 3 aromatic rings. The molecule has 1 aromatic carbocycles. The minimum atomic E-state index is -0.310. The van der Waals surface area contributed by atoms with Crippen molar-refractivity contribution in [1.29, 1.82) is 0 Å². The molecule has 1 aliphatic rings. The predicted molar refractivity (Wildman–Crippen MR) is 104 cm³/mol. The maximum atomic E-state index is 13.1. The summed E-state index contributed by atoms with van der Waals surface area (Å²) in [6.07, 6.45) is 3.12. The molecule has 8 nitrogen and oxygen atoms in total. The molecule has 1 saturated heterocycles. The number of rotatable bonds is 6. The highest BCUT2D eigenvalue weighted by molar-refractivity contribution is 5.97. The smallest absolute Gasteiger partial charge is 0.326 e. The van der Waals surface area contributed by atoms with E-state index in [1.807, 2.05) is 0 Å². The lowest BCUT2D eigenvalue weighted by Gasteiger charge is -2.18. The molecule has 0 spiro atoms. The van der Waals surface area contributed by atoms with Gasteiger partial charge in [-0.1, -0.05) is 12.1 Å². The van der Waals surface area contributed by atoms with Gasteiger partial charge in [-0.2, -0.15) is 5.10 Å². The van der Waals surface area contributed by atoms with E-state index in [0.717, 1.165) is 11.3 Å². The molecular weight excluding hydrogens is 375 g/mol. The zero-order chi connectivity index (χ0) is 20.2. The van der Waals surface area contributed by atoms with Crippen molar-refractivity contribution in [3.05, 3.63) is 77.5 Å². The van der Waals surface area contributed by atoms with Gasteiger partial charge >= 0.3 is 6.03 Å². The molecule has 4 rings (SSSR count). The number of aromatic amines is 1. The highest BCUT2D eigenvalue weighted by Crippen LogP contribution is 2.21. The van der Waals surface area contributed by atoms with Crippen molar-refractivity contribution in [3.8, 4) is 0 Å². The third kappa shape index (κ3) is 4.23. The molecule has 2 N–H and O–H groups in total. The number of amides is 3. The maximum absolute atomic E-state index is 13.1. The van der Waals surface area contributed by atoms with E-state index in [4.69, 9.17) is 0 Å². The van der Waals surface area contributed by atoms with Crippen molar-refractivity contribution in [2.24, 2.45) is 0 Å². The Kier molecular flexibility index (Phi) is 5.19. The third-order valence-corrected chi connectivity index (χ3v) is 4.66. The number of pyridine rings is 1. The number of hydrogen-bond donors (Lipinski definition) is 2. The lowest BCUT2D eigenvalue weighted by molar-refractivity contribution is 0.0950. The van der Waals surface area contributed by atoms with Gasteiger partial charge in [-0.25, -0.2) is 14.2 Å². The second-order valence-corrected chi connectivity index (χ2v) is 6.65. The molecule has 1 aliphatic heterocycles. The topological polar surface area (TPSA) is 94.2 Å². The molecule has 0 radical (unpaired) electrons. The fourth-order valence-electron chi connectivity index (χ4n) is 3.12. The van der Waals surface area contributed by atoms with Crippen LogP contribution in [0.2, 0.25) is 0 Å². The van der Waals surface area contributed by atoms with E-state index in [-0.39, 0.29) is 17.8 Å². The number of carbonyl (C=O) groups excluding carboxylic acids is 2. The summed E-state index contributed by atoms with van der Waals surface area (Å²) in [5.74, 6) is -0.154. The summed E-state index contributed by atoms with van der Waals surface area (Å²) in [7, 11) is 0. The SMILES string of the molecule is O=C(NCc1ccn[nH]1)c1ccnc(N2CCN(Cc3ccc(F)cc3)C2=O)c1. The van der Waals surface area contributed by atoms with Crippen LogP contribution < -0.4 is 10.2 Å². The van der Waals surface area contributed by atoms with E-state index in [9.17, 15) is 14.0 Å². The number of carbonyl (C=O) groups is 2. The molecule has 29 heavy (non-hydrogen) atoms. The van der Waals surface area contributed by atoms with Crippen molar-refractivity contribution >= 4 is 17.8 Å². The van der Waals surface area contributed by atoms with Crippen LogP contribution in [0.15, 0.2) is 54.9 Å². The first-order chi connectivity index (χ1) is 14.1. The molecule has 0 atom stereocenters. The number of aromatic nitrogens is 3. The normalized spacial score (nSPS) is 13.8. The first kappa shape index (κ1) is 18.6. The second kappa shape index (κ2) is 8.09. The van der Waals surface area contributed by atoms with E-state index in [0.29, 0.717) is 37.6 Å². The summed E-state index contributed by atoms with van der Waals surface area (Å²) in [5.41, 5.74) is 2.06. The van der Waals surface area contributed by atoms with Gasteiger partial charge in [0, 0.05) is 37.6 Å². The molecule has 0 saturated carbocycles. The average molecular weight is 394 g/mol. The summed E-state index contributed by atoms with van der Waals surface area (Å²) in [5, 5.41) is 9.41. The molecule has 2 aromatic heterocycles. The van der Waals surface area contributed by atoms with Crippen LogP contribution in [0.25, 0.3) is 0 Å². The van der Waals surface area contributed by atoms with E-state index >= 15 is 0 Å². The minimum Gasteiger partial charge on any atom is -0.346 e. The Balaban J connectivity index is 1.41. The lowest BCUT2D eigenvalue weighted by Crippen LogP contribution is -2.32. The lowest BCUT2D eigenvalue weighted by atomic mass is 10.2. The van der Waals surface area contributed by atoms with Gasteiger partial charge in [0.05, 0.1) is 12.2 Å². The Bertz CT molecular complexity index is 1010. The number of urea groups is 1. The van der Waals surface area contributed by atoms with Gasteiger partial charge in [-0.15, -0.1) is 0 Å². The van der Waals surface area contributed by atoms with Crippen LogP contribution in [-0.4, -0.2) is 45.1 Å². The molecular formula is C20H19FN6O2. The Morgan fingerprint density at radius 1 is 1.14 bits per heavy atom. The summed E-state index contributed by atoms with van der Waals surface area (Å²) < 4.78 is 13.1. The number of nitrogens with one attached hydrogen (secondary N) is 2. The maximum Gasteiger partial charge on any atom is 0.326 e. The van der Waals surface area contributed by atoms with Gasteiger partial charge in [-0.3, -0.25) is 14.8 Å². The number of benzene rings is 1. The zero-order valence-corrected chi connectivity index (χ0v) is 15.5. The molecule has 0 bridgehead atoms. The molecule has 0 unspecified atom stereocenters. The van der Waals surface area contributed by atoms with Crippen LogP contribution in [0, 0.1) is 5.82 Å². The Hall–Kier alpha value is -3.75. The average Bonchev–Trinajstić information content (AvgIpc) is 3.38. The quantitative estimate of drug-likeness (QED) is 0.671. The van der Waals surface area contributed by atoms with Crippen molar-refractivity contribution in [1.82, 2.24) is 25.4 Å². The van der Waals surface area contributed by atoms with E-state index in [1.54, 1.807) is 41.4 Å². The standard InChI is InChI=1S/C20H19FN6O2/c21-16-3-1-14(2-4-16)13-26-9-10-27(20(26)29)18-11-15(5-7-22-18)19(28)23-12-17-6-8-24-25-17/h1-8,11H,9-10,12-13H2,(H,23,28)(H,24,25). The summed E-state index contributed by atoms with van der Waals surface area (Å²) >= 11 is 0. The fraction of sp³-hybridized carbons (Fsp3) is 0.200. The minimum absolute atomic E-state index is 0.197. The van der Waals surface area contributed by atoms with Crippen LogP contribution in [0.3, 0.4) is 0 Å². The number of hydrogen-bond acceptors (Lipinski definition) is 4. The van der Waals surface area contributed by atoms with E-state index in [2.05, 4.69) is 20.5 Å². The molecule has 3 heterocycles. The van der Waals surface area contributed by atoms with E-state index in [1.165, 1.54) is 23.2 Å². The van der Waals surface area contributed by atoms with Gasteiger partial charge < -0.3 is 10.2 Å². The van der Waals surface area contributed by atoms with Gasteiger partial charge in [0.15, 0.2) is 0 Å². The van der Waals surface area contributed by atoms with Crippen molar-refractivity contribution in [3.63, 3.8) is 0 Å². The van der Waals surface area contributed by atoms with Gasteiger partial charge in [0.25, 0.3) is 5.91 Å². The number of H-pyrrole nitrogens is 1. The number of nitrogens with zero attached hydrogens (tertiary/aromatic N) is 4. The van der Waals surface area contributed by atoms with Crippen LogP contribution >= 0.6 is 0 Å². The van der Waals surface area contributed by atoms with Crippen LogP contribution in [0.5, 0.6) is 0 Å². The Morgan fingerprint density at radius 2 is 1.97 bits per heavy atom. The highest BCUT2D eigenvalue weighted by Gasteiger charge is 2.30. The number of halogens is 1. The molecule has 3 amide bonds. The summed E-state index contributed by atoms with van der Waals surface area (Å²) in [6.45, 7) is 1.70. The van der Waals surface area contributed by atoms with Crippen molar-refractivity contribution in [2.45, 2.75) is 13.1 Å². The molecule has 1 fully saturated rings. The van der Waals surface area contributed by atoms with Gasteiger partial charge in [0.2, 0.25) is 0 Å². The summed E-state index contributed by atoms with van der Waals surface area (Å²) in [6, 6.07) is 10.8. The van der Waals surface area contributed by atoms with Crippen molar-refractivity contribution < 1.29 is 14.0 Å². The fourth-order valence-corrected chi connectivity index (χ4v) is 3.12. The largest absolute Gasteiger partial charge is 0.346 e. The predicted octanol–water partition coefficient (Wildman–Crippen LogP) is 2.32. The summed E-state index contributed by atoms with van der Waals surface area (Å²) in [4.78, 5) is 32.6. The van der Waals surface area contributed by atoms with Crippen molar-refractivity contribution in [2.75, 3.05) is 18.0 Å². The monoisotopic (exact) mass is 394 g/mol. The molecule has 148 valence electrons. The molecule has 9 heteroatoms. The van der Waals surface area contributed by atoms with Crippen LogP contribution in [0.4, 0.5) is 15.0 Å². The van der Waals surface area contributed by atoms with Gasteiger partial charge in [-0.05, 0) is 35.9 Å². The van der Waals surface area contributed by atoms with Crippen LogP contribution in [-0.2, 0) is 13.1 Å². The van der Waals surface area contributed by atoms with Gasteiger partial charge in [0.1, 0.15) is 11.6 Å². The Morgan fingerprint density at radius 3 is 2.72 bits per heavy atom. The first-order valence-electron chi connectivity index (χ1n) is 9.13.